The van der Waals surface area contributed by atoms with E-state index in [1.54, 1.807) is 0 Å². The summed E-state index contributed by atoms with van der Waals surface area (Å²) in [6.07, 6.45) is 2.82. The second kappa shape index (κ2) is 7.11. The van der Waals surface area contributed by atoms with Crippen molar-refractivity contribution in [2.24, 2.45) is 5.92 Å². The maximum Gasteiger partial charge on any atom is 0.315 e. The smallest absolute Gasteiger partial charge is 0.315 e. The summed E-state index contributed by atoms with van der Waals surface area (Å²) < 4.78 is 0. The molecule has 0 heterocycles. The number of hydrogen-bond donors (Lipinski definition) is 3. The molecule has 0 spiro atoms. The van der Waals surface area contributed by atoms with Crippen molar-refractivity contribution in [2.45, 2.75) is 45.2 Å². The van der Waals surface area contributed by atoms with E-state index in [-0.39, 0.29) is 18.0 Å². The molecular formula is C16H22N2O3. The second-order valence-electron chi connectivity index (χ2n) is 5.49. The van der Waals surface area contributed by atoms with Gasteiger partial charge in [-0.25, -0.2) is 4.79 Å². The molecule has 0 bridgehead atoms. The number of carbonyl (C=O) groups excluding carboxylic acids is 1. The summed E-state index contributed by atoms with van der Waals surface area (Å²) in [6, 6.07) is 7.76. The highest BCUT2D eigenvalue weighted by Crippen LogP contribution is 2.25. The van der Waals surface area contributed by atoms with E-state index in [2.05, 4.69) is 23.6 Å². The Bertz CT molecular complexity index is 516. The Kier molecular flexibility index (Phi) is 5.20. The molecule has 114 valence electrons. The van der Waals surface area contributed by atoms with Gasteiger partial charge in [0.25, 0.3) is 0 Å². The monoisotopic (exact) mass is 290 g/mol. The molecule has 5 nitrogen and oxygen atoms in total. The van der Waals surface area contributed by atoms with Crippen LogP contribution in [-0.4, -0.2) is 23.1 Å². The Morgan fingerprint density at radius 3 is 2.57 bits per heavy atom. The summed E-state index contributed by atoms with van der Waals surface area (Å²) in [5, 5.41) is 14.7. The molecule has 0 saturated heterocycles. The molecule has 2 atom stereocenters. The van der Waals surface area contributed by atoms with Gasteiger partial charge in [-0.05, 0) is 36.8 Å². The van der Waals surface area contributed by atoms with E-state index < -0.39 is 5.97 Å². The van der Waals surface area contributed by atoms with E-state index in [1.807, 2.05) is 18.2 Å². The van der Waals surface area contributed by atoms with E-state index in [4.69, 9.17) is 5.11 Å². The average Bonchev–Trinajstić information content (AvgIpc) is 2.94. The van der Waals surface area contributed by atoms with Crippen molar-refractivity contribution >= 4 is 12.0 Å². The lowest BCUT2D eigenvalue weighted by atomic mass is 10.1. The van der Waals surface area contributed by atoms with E-state index >= 15 is 0 Å². The summed E-state index contributed by atoms with van der Waals surface area (Å²) in [4.78, 5) is 22.8. The minimum atomic E-state index is -0.767. The number of rotatable bonds is 5. The number of benzene rings is 1. The minimum Gasteiger partial charge on any atom is -0.481 e. The Balaban J connectivity index is 1.79. The van der Waals surface area contributed by atoms with Gasteiger partial charge in [0.15, 0.2) is 0 Å². The van der Waals surface area contributed by atoms with Crippen LogP contribution in [0.1, 0.15) is 37.3 Å². The van der Waals surface area contributed by atoms with Gasteiger partial charge < -0.3 is 15.7 Å². The summed E-state index contributed by atoms with van der Waals surface area (Å²) in [6.45, 7) is 2.58. The second-order valence-corrected chi connectivity index (χ2v) is 5.49. The molecule has 5 heteroatoms. The van der Waals surface area contributed by atoms with Crippen LogP contribution >= 0.6 is 0 Å². The zero-order valence-electron chi connectivity index (χ0n) is 12.3. The fourth-order valence-corrected chi connectivity index (χ4v) is 2.82. The molecule has 1 aliphatic rings. The zero-order chi connectivity index (χ0) is 15.2. The maximum atomic E-state index is 11.9. The molecule has 2 unspecified atom stereocenters. The normalized spacial score (nSPS) is 21.0. The Morgan fingerprint density at radius 1 is 1.24 bits per heavy atom. The first-order chi connectivity index (χ1) is 10.1. The van der Waals surface area contributed by atoms with Gasteiger partial charge >= 0.3 is 12.0 Å². The number of aryl methyl sites for hydroxylation is 1. The molecule has 1 aromatic rings. The Hall–Kier alpha value is -2.04. The highest BCUT2D eigenvalue weighted by molar-refractivity contribution is 5.75. The average molecular weight is 290 g/mol. The highest BCUT2D eigenvalue weighted by Gasteiger charge is 2.30. The third-order valence-electron chi connectivity index (χ3n) is 4.06. The number of amides is 2. The predicted octanol–water partition coefficient (Wildman–Crippen LogP) is 2.30. The fraction of sp³-hybridized carbons (Fsp3) is 0.500. The lowest BCUT2D eigenvalue weighted by Crippen LogP contribution is -2.41. The SMILES string of the molecule is CCc1ccccc1CNC(=O)NC1CCC(C(=O)O)C1. The summed E-state index contributed by atoms with van der Waals surface area (Å²) in [5.74, 6) is -1.09. The van der Waals surface area contributed by atoms with Crippen molar-refractivity contribution in [3.63, 3.8) is 0 Å². The fourth-order valence-electron chi connectivity index (χ4n) is 2.82. The van der Waals surface area contributed by atoms with Crippen LogP contribution in [0.5, 0.6) is 0 Å². The number of nitrogens with one attached hydrogen (secondary N) is 2. The van der Waals surface area contributed by atoms with Gasteiger partial charge in [0.05, 0.1) is 5.92 Å². The van der Waals surface area contributed by atoms with Crippen LogP contribution in [0, 0.1) is 5.92 Å². The quantitative estimate of drug-likeness (QED) is 0.778. The van der Waals surface area contributed by atoms with Gasteiger partial charge in [0.2, 0.25) is 0 Å². The van der Waals surface area contributed by atoms with Crippen LogP contribution in [0.4, 0.5) is 4.79 Å². The Morgan fingerprint density at radius 2 is 1.95 bits per heavy atom. The molecule has 2 amide bonds. The summed E-state index contributed by atoms with van der Waals surface area (Å²) in [7, 11) is 0. The van der Waals surface area contributed by atoms with Gasteiger partial charge in [-0.3, -0.25) is 4.79 Å². The number of aliphatic carboxylic acids is 1. The zero-order valence-corrected chi connectivity index (χ0v) is 12.3. The van der Waals surface area contributed by atoms with E-state index in [9.17, 15) is 9.59 Å². The van der Waals surface area contributed by atoms with Crippen molar-refractivity contribution in [1.82, 2.24) is 10.6 Å². The number of carboxylic acid groups (broad SMARTS) is 1. The number of carbonyl (C=O) groups is 2. The van der Waals surface area contributed by atoms with Crippen LogP contribution in [0.2, 0.25) is 0 Å². The first-order valence-electron chi connectivity index (χ1n) is 7.44. The largest absolute Gasteiger partial charge is 0.481 e. The molecule has 21 heavy (non-hydrogen) atoms. The number of urea groups is 1. The molecule has 1 aliphatic carbocycles. The topological polar surface area (TPSA) is 78.4 Å². The van der Waals surface area contributed by atoms with Crippen LogP contribution in [0.15, 0.2) is 24.3 Å². The van der Waals surface area contributed by atoms with Gasteiger partial charge in [0, 0.05) is 12.6 Å². The van der Waals surface area contributed by atoms with E-state index in [1.165, 1.54) is 5.56 Å². The van der Waals surface area contributed by atoms with Gasteiger partial charge in [0.1, 0.15) is 0 Å². The molecule has 3 N–H and O–H groups in total. The molecule has 1 fully saturated rings. The minimum absolute atomic E-state index is 0.0347. The molecular weight excluding hydrogens is 268 g/mol. The third-order valence-corrected chi connectivity index (χ3v) is 4.06. The van der Waals surface area contributed by atoms with Crippen molar-refractivity contribution in [3.05, 3.63) is 35.4 Å². The molecule has 0 radical (unpaired) electrons. The first-order valence-corrected chi connectivity index (χ1v) is 7.44. The summed E-state index contributed by atoms with van der Waals surface area (Å²) >= 11 is 0. The van der Waals surface area contributed by atoms with Crippen molar-refractivity contribution < 1.29 is 14.7 Å². The number of hydrogen-bond acceptors (Lipinski definition) is 2. The molecule has 2 rings (SSSR count). The lowest BCUT2D eigenvalue weighted by molar-refractivity contribution is -0.141. The molecule has 0 aromatic heterocycles. The third kappa shape index (κ3) is 4.21. The maximum absolute atomic E-state index is 11.9. The van der Waals surface area contributed by atoms with Gasteiger partial charge in [-0.1, -0.05) is 31.2 Å². The van der Waals surface area contributed by atoms with Gasteiger partial charge in [-0.15, -0.1) is 0 Å². The highest BCUT2D eigenvalue weighted by atomic mass is 16.4. The van der Waals surface area contributed by atoms with Crippen molar-refractivity contribution in [1.29, 1.82) is 0 Å². The van der Waals surface area contributed by atoms with E-state index in [0.29, 0.717) is 19.4 Å². The summed E-state index contributed by atoms with van der Waals surface area (Å²) in [5.41, 5.74) is 2.34. The molecule has 1 aromatic carbocycles. The van der Waals surface area contributed by atoms with Crippen LogP contribution in [0.3, 0.4) is 0 Å². The van der Waals surface area contributed by atoms with Crippen molar-refractivity contribution in [2.75, 3.05) is 0 Å². The van der Waals surface area contributed by atoms with E-state index in [0.717, 1.165) is 18.4 Å². The number of carboxylic acids is 1. The van der Waals surface area contributed by atoms with Crippen LogP contribution < -0.4 is 10.6 Å². The van der Waals surface area contributed by atoms with Crippen LogP contribution in [-0.2, 0) is 17.8 Å². The Labute approximate surface area is 124 Å². The molecule has 0 aliphatic heterocycles. The van der Waals surface area contributed by atoms with Gasteiger partial charge in [-0.2, -0.15) is 0 Å². The predicted molar refractivity (Wildman–Crippen MR) is 80.0 cm³/mol. The van der Waals surface area contributed by atoms with Crippen molar-refractivity contribution in [3.8, 4) is 0 Å². The molecule has 1 saturated carbocycles. The standard InChI is InChI=1S/C16H22N2O3/c1-2-11-5-3-4-6-13(11)10-17-16(21)18-14-8-7-12(9-14)15(19)20/h3-6,12,14H,2,7-10H2,1H3,(H,19,20)(H2,17,18,21). The first kappa shape index (κ1) is 15.4. The lowest BCUT2D eigenvalue weighted by Gasteiger charge is -2.14. The van der Waals surface area contributed by atoms with Crippen LogP contribution in [0.25, 0.3) is 0 Å².